The van der Waals surface area contributed by atoms with Crippen molar-refractivity contribution in [1.29, 1.82) is 5.26 Å². The number of nitrogens with two attached hydrogens (primary N) is 2. The Morgan fingerprint density at radius 3 is 2.44 bits per heavy atom. The largest absolute Gasteiger partial charge is 0.396 e. The number of hydrogen-bond donors (Lipinski definition) is 2. The van der Waals surface area contributed by atoms with Gasteiger partial charge in [-0.05, 0) is 6.07 Å². The van der Waals surface area contributed by atoms with Gasteiger partial charge in [0.25, 0.3) is 16.4 Å². The summed E-state index contributed by atoms with van der Waals surface area (Å²) < 4.78 is 46.7. The smallest absolute Gasteiger partial charge is 0.266 e. The third kappa shape index (κ3) is 2.23. The minimum Gasteiger partial charge on any atom is -0.396 e. The number of nitrogen functional groups attached to an aromatic ring is 1. The van der Waals surface area contributed by atoms with Crippen LogP contribution in [0.4, 0.5) is 14.5 Å². The van der Waals surface area contributed by atoms with Crippen LogP contribution in [-0.4, -0.2) is 13.4 Å². The molecule has 0 amide bonds. The number of halogens is 2. The van der Waals surface area contributed by atoms with E-state index in [1.165, 1.54) is 6.07 Å². The zero-order valence-corrected chi connectivity index (χ0v) is 8.50. The number of sulfonamides is 1. The lowest BCUT2D eigenvalue weighted by Crippen LogP contribution is -2.16. The number of aromatic nitrogens is 1. The Labute approximate surface area is 89.5 Å². The first-order valence-corrected chi connectivity index (χ1v) is 5.33. The maximum absolute atomic E-state index is 12.5. The van der Waals surface area contributed by atoms with E-state index in [-0.39, 0.29) is 0 Å². The van der Waals surface area contributed by atoms with Crippen molar-refractivity contribution >= 4 is 15.7 Å². The minimum absolute atomic E-state index is 0.551. The molecule has 0 aliphatic carbocycles. The summed E-state index contributed by atoms with van der Waals surface area (Å²) in [7, 11) is -4.26. The number of anilines is 1. The lowest BCUT2D eigenvalue weighted by atomic mass is 10.2. The first kappa shape index (κ1) is 12.3. The van der Waals surface area contributed by atoms with E-state index in [9.17, 15) is 17.2 Å². The highest BCUT2D eigenvalue weighted by Crippen LogP contribution is 2.28. The van der Waals surface area contributed by atoms with Gasteiger partial charge in [0.1, 0.15) is 6.07 Å². The van der Waals surface area contributed by atoms with Gasteiger partial charge in [0.05, 0.1) is 5.69 Å². The van der Waals surface area contributed by atoms with Crippen molar-refractivity contribution in [3.63, 3.8) is 0 Å². The Bertz CT molecular complexity index is 564. The summed E-state index contributed by atoms with van der Waals surface area (Å²) in [5.41, 5.74) is 3.28. The van der Waals surface area contributed by atoms with Crippen molar-refractivity contribution in [2.24, 2.45) is 5.14 Å². The molecule has 0 saturated carbocycles. The predicted molar refractivity (Wildman–Crippen MR) is 49.7 cm³/mol. The summed E-state index contributed by atoms with van der Waals surface area (Å²) in [5.74, 6) is 0. The van der Waals surface area contributed by atoms with E-state index in [2.05, 4.69) is 4.98 Å². The summed E-state index contributed by atoms with van der Waals surface area (Å²) in [5, 5.41) is 12.4. The Morgan fingerprint density at radius 2 is 2.06 bits per heavy atom. The molecule has 0 aromatic carbocycles. The number of nitrogens with zero attached hydrogens (tertiary/aromatic N) is 2. The number of nitriles is 1. The molecule has 0 radical (unpaired) electrons. The quantitative estimate of drug-likeness (QED) is 0.769. The SMILES string of the molecule is N#Cc1nc(S(N)(=O)=O)cc(C(F)F)c1N. The molecular formula is C7H6F2N4O2S. The lowest BCUT2D eigenvalue weighted by molar-refractivity contribution is 0.152. The molecule has 9 heteroatoms. The molecule has 16 heavy (non-hydrogen) atoms. The molecule has 6 nitrogen and oxygen atoms in total. The molecule has 1 rings (SSSR count). The van der Waals surface area contributed by atoms with Gasteiger partial charge in [-0.15, -0.1) is 0 Å². The molecule has 0 bridgehead atoms. The second-order valence-corrected chi connectivity index (χ2v) is 4.28. The van der Waals surface area contributed by atoms with Crippen LogP contribution in [0.3, 0.4) is 0 Å². The molecule has 0 aliphatic rings. The van der Waals surface area contributed by atoms with E-state index >= 15 is 0 Å². The molecule has 86 valence electrons. The number of alkyl halides is 2. The third-order valence-electron chi connectivity index (χ3n) is 1.70. The van der Waals surface area contributed by atoms with Gasteiger partial charge in [-0.25, -0.2) is 27.3 Å². The monoisotopic (exact) mass is 248 g/mol. The van der Waals surface area contributed by atoms with Crippen LogP contribution < -0.4 is 10.9 Å². The number of hydrogen-bond acceptors (Lipinski definition) is 5. The van der Waals surface area contributed by atoms with Crippen LogP contribution >= 0.6 is 0 Å². The van der Waals surface area contributed by atoms with Gasteiger partial charge in [0.2, 0.25) is 0 Å². The normalized spacial score (nSPS) is 11.4. The Hall–Kier alpha value is -1.79. The van der Waals surface area contributed by atoms with E-state index in [1.54, 1.807) is 0 Å². The minimum atomic E-state index is -4.26. The zero-order chi connectivity index (χ0) is 12.5. The van der Waals surface area contributed by atoms with Crippen molar-refractivity contribution in [3.8, 4) is 6.07 Å². The van der Waals surface area contributed by atoms with Crippen molar-refractivity contribution in [3.05, 3.63) is 17.3 Å². The third-order valence-corrected chi connectivity index (χ3v) is 2.49. The van der Waals surface area contributed by atoms with Crippen LogP contribution in [0.1, 0.15) is 17.7 Å². The Kier molecular flexibility index (Phi) is 3.06. The fourth-order valence-corrected chi connectivity index (χ4v) is 1.47. The predicted octanol–water partition coefficient (Wildman–Crippen LogP) is 0.120. The standard InChI is InChI=1S/C7H6F2N4O2S/c8-7(9)3-1-5(16(12,14)15)13-4(2-10)6(3)11/h1,7H,11H2,(H2,12,14,15). The van der Waals surface area contributed by atoms with Crippen LogP contribution in [0, 0.1) is 11.3 Å². The number of primary sulfonamides is 1. The highest BCUT2D eigenvalue weighted by molar-refractivity contribution is 7.89. The summed E-state index contributed by atoms with van der Waals surface area (Å²) in [6.45, 7) is 0. The summed E-state index contributed by atoms with van der Waals surface area (Å²) in [6.07, 6.45) is -3.02. The van der Waals surface area contributed by atoms with Gasteiger partial charge in [-0.3, -0.25) is 0 Å². The van der Waals surface area contributed by atoms with Crippen molar-refractivity contribution in [1.82, 2.24) is 4.98 Å². The van der Waals surface area contributed by atoms with E-state index < -0.39 is 38.4 Å². The van der Waals surface area contributed by atoms with Gasteiger partial charge in [0.15, 0.2) is 10.7 Å². The van der Waals surface area contributed by atoms with Crippen LogP contribution in [0.2, 0.25) is 0 Å². The highest BCUT2D eigenvalue weighted by atomic mass is 32.2. The lowest BCUT2D eigenvalue weighted by Gasteiger charge is -2.07. The molecule has 1 aromatic heterocycles. The van der Waals surface area contributed by atoms with E-state index in [1.807, 2.05) is 0 Å². The van der Waals surface area contributed by atoms with Crippen molar-refractivity contribution in [2.75, 3.05) is 5.73 Å². The van der Waals surface area contributed by atoms with E-state index in [4.69, 9.17) is 16.1 Å². The molecule has 0 saturated heterocycles. The maximum atomic E-state index is 12.5. The molecule has 1 aromatic rings. The highest BCUT2D eigenvalue weighted by Gasteiger charge is 2.21. The van der Waals surface area contributed by atoms with Crippen LogP contribution in [0.5, 0.6) is 0 Å². The molecule has 0 atom stereocenters. The Balaban J connectivity index is 3.61. The summed E-state index contributed by atoms with van der Waals surface area (Å²) >= 11 is 0. The van der Waals surface area contributed by atoms with Crippen molar-refractivity contribution < 1.29 is 17.2 Å². The first-order valence-electron chi connectivity index (χ1n) is 3.79. The average Bonchev–Trinajstić information content (AvgIpc) is 2.15. The van der Waals surface area contributed by atoms with Gasteiger partial charge < -0.3 is 5.73 Å². The number of pyridine rings is 1. The fraction of sp³-hybridized carbons (Fsp3) is 0.143. The average molecular weight is 248 g/mol. The van der Waals surface area contributed by atoms with Gasteiger partial charge in [-0.1, -0.05) is 0 Å². The molecule has 0 fully saturated rings. The molecule has 4 N–H and O–H groups in total. The van der Waals surface area contributed by atoms with Gasteiger partial charge in [-0.2, -0.15) is 5.26 Å². The molecule has 0 unspecified atom stereocenters. The van der Waals surface area contributed by atoms with Crippen molar-refractivity contribution in [2.45, 2.75) is 11.5 Å². The topological polar surface area (TPSA) is 123 Å². The van der Waals surface area contributed by atoms with Crippen LogP contribution in [0.15, 0.2) is 11.1 Å². The molecule has 0 aliphatic heterocycles. The van der Waals surface area contributed by atoms with E-state index in [0.29, 0.717) is 6.07 Å². The summed E-state index contributed by atoms with van der Waals surface area (Å²) in [6, 6.07) is 1.97. The van der Waals surface area contributed by atoms with Crippen LogP contribution in [-0.2, 0) is 10.0 Å². The molecule has 1 heterocycles. The first-order chi connectivity index (χ1) is 7.27. The Morgan fingerprint density at radius 1 is 1.50 bits per heavy atom. The fourth-order valence-electron chi connectivity index (χ4n) is 0.962. The summed E-state index contributed by atoms with van der Waals surface area (Å²) in [4.78, 5) is 3.27. The number of rotatable bonds is 2. The van der Waals surface area contributed by atoms with E-state index in [0.717, 1.165) is 0 Å². The second kappa shape index (κ2) is 3.99. The zero-order valence-electron chi connectivity index (χ0n) is 7.68. The second-order valence-electron chi connectivity index (χ2n) is 2.77. The van der Waals surface area contributed by atoms with Crippen LogP contribution in [0.25, 0.3) is 0 Å². The maximum Gasteiger partial charge on any atom is 0.266 e. The van der Waals surface area contributed by atoms with Gasteiger partial charge >= 0.3 is 0 Å². The van der Waals surface area contributed by atoms with Gasteiger partial charge in [0, 0.05) is 5.56 Å². The molecular weight excluding hydrogens is 242 g/mol. The molecule has 0 spiro atoms.